The number of carbonyl (C=O) groups is 2. The highest BCUT2D eigenvalue weighted by atomic mass is 16.3. The van der Waals surface area contributed by atoms with E-state index in [0.29, 0.717) is 29.5 Å². The molecular weight excluding hydrogens is 276 g/mol. The van der Waals surface area contributed by atoms with Crippen LogP contribution in [0.25, 0.3) is 11.3 Å². The number of hydrogen-bond donors (Lipinski definition) is 0. The molecule has 0 N–H and O–H groups in total. The molecule has 0 saturated heterocycles. The van der Waals surface area contributed by atoms with Gasteiger partial charge in [0.2, 0.25) is 11.6 Å². The van der Waals surface area contributed by atoms with Crippen molar-refractivity contribution < 1.29 is 22.2 Å². The number of aryl methyl sites for hydroxylation is 1. The van der Waals surface area contributed by atoms with E-state index in [-0.39, 0.29) is 28.9 Å². The Hall–Kier alpha value is -2.16. The van der Waals surface area contributed by atoms with Gasteiger partial charge < -0.3 is 4.42 Å². The molecular formula is C19H18O3. The van der Waals surface area contributed by atoms with Crippen molar-refractivity contribution in [1.82, 2.24) is 0 Å². The number of carbonyl (C=O) groups excluding carboxylic acids is 2. The van der Waals surface area contributed by atoms with Crippen LogP contribution in [0.2, 0.25) is 0 Å². The average molecular weight is 300 g/mol. The first-order valence-corrected chi connectivity index (χ1v) is 7.25. The van der Waals surface area contributed by atoms with Crippen LogP contribution < -0.4 is 0 Å². The molecule has 2 aliphatic carbocycles. The molecule has 0 bridgehead atoms. The topological polar surface area (TPSA) is 47.3 Å². The van der Waals surface area contributed by atoms with Gasteiger partial charge in [-0.1, -0.05) is 25.8 Å². The summed E-state index contributed by atoms with van der Waals surface area (Å²) < 4.78 is 53.6. The molecule has 2 aliphatic rings. The fourth-order valence-electron chi connectivity index (χ4n) is 3.57. The highest BCUT2D eigenvalue weighted by Gasteiger charge is 2.39. The number of benzene rings is 1. The first-order valence-electron chi connectivity index (χ1n) is 10.3. The van der Waals surface area contributed by atoms with Gasteiger partial charge in [-0.15, -0.1) is 0 Å². The molecule has 0 amide bonds. The fraction of sp³-hybridized carbons (Fsp3) is 0.368. The Kier molecular flexibility index (Phi) is 1.61. The van der Waals surface area contributed by atoms with Crippen LogP contribution in [0.3, 0.4) is 0 Å². The predicted molar refractivity (Wildman–Crippen MR) is 83.5 cm³/mol. The van der Waals surface area contributed by atoms with E-state index in [1.165, 1.54) is 18.4 Å². The van der Waals surface area contributed by atoms with E-state index in [1.807, 2.05) is 0 Å². The number of Topliss-reactive ketones (excluding diaryl/α,β-unsaturated/α-hetero) is 2. The van der Waals surface area contributed by atoms with Crippen molar-refractivity contribution in [2.45, 2.75) is 45.3 Å². The minimum atomic E-state index is -2.80. The summed E-state index contributed by atoms with van der Waals surface area (Å²) in [5.41, 5.74) is -0.354. The van der Waals surface area contributed by atoms with Gasteiger partial charge in [-0.3, -0.25) is 9.59 Å². The van der Waals surface area contributed by atoms with Crippen LogP contribution >= 0.6 is 0 Å². The molecule has 112 valence electrons. The number of ketones is 2. The van der Waals surface area contributed by atoms with Crippen molar-refractivity contribution in [2.75, 3.05) is 0 Å². The normalized spacial score (nSPS) is 23.9. The summed E-state index contributed by atoms with van der Waals surface area (Å²) in [7, 11) is 0. The van der Waals surface area contributed by atoms with Crippen LogP contribution in [0.4, 0.5) is 0 Å². The van der Waals surface area contributed by atoms with Crippen molar-refractivity contribution in [3.63, 3.8) is 0 Å². The first kappa shape index (κ1) is 8.47. The van der Waals surface area contributed by atoms with Gasteiger partial charge in [0.1, 0.15) is 5.76 Å². The van der Waals surface area contributed by atoms with Crippen LogP contribution in [0, 0.1) is 6.92 Å². The Balaban J connectivity index is 2.08. The smallest absolute Gasteiger partial charge is 0.237 e. The zero-order valence-electron chi connectivity index (χ0n) is 18.1. The lowest BCUT2D eigenvalue weighted by Crippen LogP contribution is -2.29. The van der Waals surface area contributed by atoms with Gasteiger partial charge >= 0.3 is 0 Å². The first-order chi connectivity index (χ1) is 12.9. The summed E-state index contributed by atoms with van der Waals surface area (Å²) in [6.07, 6.45) is 1.99. The van der Waals surface area contributed by atoms with Gasteiger partial charge in [0.05, 0.1) is 11.8 Å². The second-order valence-electron chi connectivity index (χ2n) is 6.05. The Bertz CT molecular complexity index is 1010. The van der Waals surface area contributed by atoms with Crippen LogP contribution in [-0.4, -0.2) is 11.6 Å². The van der Waals surface area contributed by atoms with Gasteiger partial charge in [-0.25, -0.2) is 0 Å². The Labute approximate surface area is 137 Å². The van der Waals surface area contributed by atoms with Crippen LogP contribution in [0.5, 0.6) is 0 Å². The number of fused-ring (bicyclic) bond motifs is 5. The van der Waals surface area contributed by atoms with Gasteiger partial charge in [-0.2, -0.15) is 0 Å². The fourth-order valence-corrected chi connectivity index (χ4v) is 3.57. The van der Waals surface area contributed by atoms with E-state index in [0.717, 1.165) is 0 Å². The van der Waals surface area contributed by atoms with E-state index in [2.05, 4.69) is 0 Å². The largest absolute Gasteiger partial charge is 0.463 e. The zero-order valence-corrected chi connectivity index (χ0v) is 12.1. The van der Waals surface area contributed by atoms with E-state index in [1.54, 1.807) is 6.92 Å². The van der Waals surface area contributed by atoms with Crippen LogP contribution in [0.1, 0.15) is 72.2 Å². The monoisotopic (exact) mass is 300 g/mol. The molecule has 0 aliphatic heterocycles. The minimum Gasteiger partial charge on any atom is -0.463 e. The van der Waals surface area contributed by atoms with Crippen molar-refractivity contribution in [2.24, 2.45) is 0 Å². The maximum atomic E-state index is 12.9. The summed E-state index contributed by atoms with van der Waals surface area (Å²) in [6, 6.07) is 2.99. The van der Waals surface area contributed by atoms with Gasteiger partial charge in [0, 0.05) is 19.4 Å². The van der Waals surface area contributed by atoms with Crippen molar-refractivity contribution in [1.29, 1.82) is 0 Å². The summed E-state index contributed by atoms with van der Waals surface area (Å²) in [4.78, 5) is 25.6. The average Bonchev–Trinajstić information content (AvgIpc) is 2.98. The second-order valence-corrected chi connectivity index (χ2v) is 6.05. The molecule has 1 aromatic carbocycles. The molecule has 3 nitrogen and oxygen atoms in total. The molecule has 2 aromatic rings. The lowest BCUT2D eigenvalue weighted by atomic mass is 9.69. The van der Waals surface area contributed by atoms with Crippen molar-refractivity contribution in [3.8, 4) is 11.3 Å². The highest BCUT2D eigenvalue weighted by Crippen LogP contribution is 2.44. The lowest BCUT2D eigenvalue weighted by Gasteiger charge is -2.34. The molecule has 0 saturated carbocycles. The molecule has 0 spiro atoms. The molecule has 1 aromatic heterocycles. The molecule has 4 rings (SSSR count). The summed E-state index contributed by atoms with van der Waals surface area (Å²) in [5, 5.41) is 0. The third kappa shape index (κ3) is 1.57. The van der Waals surface area contributed by atoms with Crippen LogP contribution in [0.15, 0.2) is 22.8 Å². The van der Waals surface area contributed by atoms with Gasteiger partial charge in [-0.05, 0) is 48.3 Å². The third-order valence-corrected chi connectivity index (χ3v) is 4.63. The van der Waals surface area contributed by atoms with Gasteiger partial charge in [0.25, 0.3) is 0 Å². The van der Waals surface area contributed by atoms with E-state index < -0.39 is 30.7 Å². The second kappa shape index (κ2) is 4.19. The summed E-state index contributed by atoms with van der Waals surface area (Å²) in [6.45, 7) is -3.92. The maximum Gasteiger partial charge on any atom is 0.237 e. The molecule has 0 radical (unpaired) electrons. The molecule has 0 fully saturated rings. The predicted octanol–water partition coefficient (Wildman–Crippen LogP) is 4.25. The lowest BCUT2D eigenvalue weighted by molar-refractivity contribution is 0.0813. The van der Waals surface area contributed by atoms with E-state index in [9.17, 15) is 9.59 Å². The van der Waals surface area contributed by atoms with Gasteiger partial charge in [0.15, 0.2) is 0 Å². The summed E-state index contributed by atoms with van der Waals surface area (Å²) in [5.74, 6) is -1.17. The Morgan fingerprint density at radius 3 is 2.73 bits per heavy atom. The molecule has 1 heterocycles. The zero-order chi connectivity index (χ0) is 20.6. The standard InChI is InChI=1S/C19H18O3/c1-10-9-22-18-12-6-7-13-11(5-4-8-19(13,2)3)15(12)17(21)16(20)14(10)18/h6-7,9H,4-5,8H2,1-3H3/i2D3,3D3. The molecule has 3 heteroatoms. The van der Waals surface area contributed by atoms with Crippen LogP contribution in [-0.2, 0) is 11.8 Å². The summed E-state index contributed by atoms with van der Waals surface area (Å²) >= 11 is 0. The quantitative estimate of drug-likeness (QED) is 0.683. The molecule has 0 atom stereocenters. The minimum absolute atomic E-state index is 0.0426. The number of rotatable bonds is 0. The molecule has 22 heavy (non-hydrogen) atoms. The maximum absolute atomic E-state index is 12.9. The molecule has 0 unspecified atom stereocenters. The third-order valence-electron chi connectivity index (χ3n) is 4.63. The van der Waals surface area contributed by atoms with Crippen molar-refractivity contribution in [3.05, 3.63) is 46.2 Å². The van der Waals surface area contributed by atoms with E-state index >= 15 is 0 Å². The Morgan fingerprint density at radius 1 is 1.18 bits per heavy atom. The highest BCUT2D eigenvalue weighted by molar-refractivity contribution is 6.53. The SMILES string of the molecule is [2H]C([2H])([2H])C1(C([2H])([2H])[2H])CCCc2c1ccc1c2C(=O)C(=O)c2c(C)coc2-1. The van der Waals surface area contributed by atoms with E-state index in [4.69, 9.17) is 12.6 Å². The number of furan rings is 1. The Morgan fingerprint density at radius 2 is 1.95 bits per heavy atom. The van der Waals surface area contributed by atoms with Crippen molar-refractivity contribution >= 4 is 11.6 Å². The number of hydrogen-bond acceptors (Lipinski definition) is 3.